The van der Waals surface area contributed by atoms with Crippen LogP contribution in [-0.2, 0) is 14.3 Å². The largest absolute Gasteiger partial charge is 0.468 e. The second-order valence-corrected chi connectivity index (χ2v) is 4.68. The van der Waals surface area contributed by atoms with Crippen LogP contribution in [-0.4, -0.2) is 30.1 Å². The zero-order valence-electron chi connectivity index (χ0n) is 9.03. The van der Waals surface area contributed by atoms with E-state index in [2.05, 4.69) is 0 Å². The quantitative estimate of drug-likeness (QED) is 0.508. The first-order valence-corrected chi connectivity index (χ1v) is 5.35. The van der Waals surface area contributed by atoms with Crippen molar-refractivity contribution in [2.45, 2.75) is 32.3 Å². The first kappa shape index (κ1) is 10.6. The highest BCUT2D eigenvalue weighted by atomic mass is 16.5. The minimum Gasteiger partial charge on any atom is -0.468 e. The fourth-order valence-corrected chi connectivity index (χ4v) is 3.14. The Bertz CT molecular complexity index is 312. The summed E-state index contributed by atoms with van der Waals surface area (Å²) in [5, 5.41) is 9.73. The van der Waals surface area contributed by atoms with Crippen molar-refractivity contribution in [3.63, 3.8) is 0 Å². The highest BCUT2D eigenvalue weighted by molar-refractivity contribution is 6.07. The summed E-state index contributed by atoms with van der Waals surface area (Å²) in [4.78, 5) is 23.8. The Labute approximate surface area is 88.6 Å². The summed E-state index contributed by atoms with van der Waals surface area (Å²) < 4.78 is 4.75. The first-order chi connectivity index (χ1) is 7.04. The minimum absolute atomic E-state index is 0.111. The number of aliphatic hydroxyl groups excluding tert-OH is 1. The van der Waals surface area contributed by atoms with Gasteiger partial charge >= 0.3 is 5.97 Å². The van der Waals surface area contributed by atoms with Gasteiger partial charge in [0.25, 0.3) is 0 Å². The van der Waals surface area contributed by atoms with Gasteiger partial charge in [0.1, 0.15) is 5.41 Å². The van der Waals surface area contributed by atoms with Gasteiger partial charge in [-0.1, -0.05) is 6.92 Å². The summed E-state index contributed by atoms with van der Waals surface area (Å²) in [6, 6.07) is 0. The number of fused-ring (bicyclic) bond motifs is 2. The number of ether oxygens (including phenoxy) is 1. The van der Waals surface area contributed by atoms with Crippen LogP contribution in [0.3, 0.4) is 0 Å². The molecule has 4 atom stereocenters. The highest BCUT2D eigenvalue weighted by Gasteiger charge is 2.62. The SMILES string of the molecule is COC(=O)[C@]12CC[C@@H](C1=O)[C@@H](O)C[C@@H]2C. The molecule has 0 aromatic heterocycles. The molecule has 0 amide bonds. The molecule has 4 nitrogen and oxygen atoms in total. The molecule has 2 aliphatic rings. The van der Waals surface area contributed by atoms with Crippen LogP contribution in [0.2, 0.25) is 0 Å². The van der Waals surface area contributed by atoms with E-state index in [9.17, 15) is 14.7 Å². The number of carbonyl (C=O) groups excluding carboxylic acids is 2. The molecule has 15 heavy (non-hydrogen) atoms. The van der Waals surface area contributed by atoms with Gasteiger partial charge in [-0.3, -0.25) is 9.59 Å². The topological polar surface area (TPSA) is 63.6 Å². The van der Waals surface area contributed by atoms with Crippen molar-refractivity contribution in [2.24, 2.45) is 17.3 Å². The van der Waals surface area contributed by atoms with Crippen LogP contribution in [0, 0.1) is 17.3 Å². The molecule has 0 spiro atoms. The van der Waals surface area contributed by atoms with E-state index < -0.39 is 17.5 Å². The average Bonchev–Trinajstić information content (AvgIpc) is 2.48. The minimum atomic E-state index is -0.960. The number of esters is 1. The third-order valence-corrected chi connectivity index (χ3v) is 4.08. The van der Waals surface area contributed by atoms with Crippen LogP contribution in [0.1, 0.15) is 26.2 Å². The summed E-state index contributed by atoms with van der Waals surface area (Å²) >= 11 is 0. The van der Waals surface area contributed by atoms with Crippen molar-refractivity contribution in [1.82, 2.24) is 0 Å². The van der Waals surface area contributed by atoms with Crippen molar-refractivity contribution in [2.75, 3.05) is 7.11 Å². The highest BCUT2D eigenvalue weighted by Crippen LogP contribution is 2.52. The maximum Gasteiger partial charge on any atom is 0.319 e. The van der Waals surface area contributed by atoms with Gasteiger partial charge < -0.3 is 9.84 Å². The Hall–Kier alpha value is -0.900. The third-order valence-electron chi connectivity index (χ3n) is 4.08. The number of Topliss-reactive ketones (excluding diaryl/α,β-unsaturated/α-hetero) is 1. The van der Waals surface area contributed by atoms with E-state index in [4.69, 9.17) is 4.74 Å². The molecule has 0 saturated heterocycles. The lowest BCUT2D eigenvalue weighted by molar-refractivity contribution is -0.165. The maximum atomic E-state index is 12.1. The molecule has 2 fully saturated rings. The Balaban J connectivity index is 2.40. The van der Waals surface area contributed by atoms with Crippen molar-refractivity contribution in [1.29, 1.82) is 0 Å². The fraction of sp³-hybridized carbons (Fsp3) is 0.818. The first-order valence-electron chi connectivity index (χ1n) is 5.35. The molecule has 2 aliphatic carbocycles. The number of carbonyl (C=O) groups is 2. The summed E-state index contributed by atoms with van der Waals surface area (Å²) in [6.45, 7) is 1.85. The molecule has 0 aliphatic heterocycles. The van der Waals surface area contributed by atoms with E-state index in [1.54, 1.807) is 0 Å². The van der Waals surface area contributed by atoms with E-state index >= 15 is 0 Å². The van der Waals surface area contributed by atoms with Gasteiger partial charge in [0.05, 0.1) is 13.2 Å². The molecule has 4 heteroatoms. The zero-order valence-corrected chi connectivity index (χ0v) is 9.03. The number of ketones is 1. The van der Waals surface area contributed by atoms with E-state index in [0.29, 0.717) is 19.3 Å². The van der Waals surface area contributed by atoms with Crippen molar-refractivity contribution < 1.29 is 19.4 Å². The molecular weight excluding hydrogens is 196 g/mol. The van der Waals surface area contributed by atoms with Gasteiger partial charge in [-0.2, -0.15) is 0 Å². The predicted octanol–water partition coefficient (Wildman–Crippen LogP) is 0.526. The fourth-order valence-electron chi connectivity index (χ4n) is 3.14. The van der Waals surface area contributed by atoms with Gasteiger partial charge in [-0.05, 0) is 25.2 Å². The maximum absolute atomic E-state index is 12.1. The van der Waals surface area contributed by atoms with E-state index in [0.717, 1.165) is 0 Å². The van der Waals surface area contributed by atoms with E-state index in [1.807, 2.05) is 6.92 Å². The lowest BCUT2D eigenvalue weighted by atomic mass is 9.66. The van der Waals surface area contributed by atoms with E-state index in [-0.39, 0.29) is 17.6 Å². The van der Waals surface area contributed by atoms with Crippen LogP contribution < -0.4 is 0 Å². The molecule has 0 aromatic carbocycles. The van der Waals surface area contributed by atoms with Crippen molar-refractivity contribution >= 4 is 11.8 Å². The number of methoxy groups -OCH3 is 1. The van der Waals surface area contributed by atoms with Gasteiger partial charge in [0.15, 0.2) is 5.78 Å². The molecule has 2 rings (SSSR count). The van der Waals surface area contributed by atoms with Crippen LogP contribution in [0.4, 0.5) is 0 Å². The van der Waals surface area contributed by atoms with Gasteiger partial charge in [0.2, 0.25) is 0 Å². The van der Waals surface area contributed by atoms with Gasteiger partial charge in [0, 0.05) is 5.92 Å². The Kier molecular flexibility index (Phi) is 2.34. The monoisotopic (exact) mass is 212 g/mol. The van der Waals surface area contributed by atoms with Gasteiger partial charge in [-0.25, -0.2) is 0 Å². The number of rotatable bonds is 1. The normalized spacial score (nSPS) is 44.2. The Morgan fingerprint density at radius 3 is 2.87 bits per heavy atom. The number of hydrogen-bond acceptors (Lipinski definition) is 4. The van der Waals surface area contributed by atoms with Crippen LogP contribution in [0.15, 0.2) is 0 Å². The molecule has 0 heterocycles. The zero-order chi connectivity index (χ0) is 11.2. The van der Waals surface area contributed by atoms with Gasteiger partial charge in [-0.15, -0.1) is 0 Å². The molecule has 84 valence electrons. The van der Waals surface area contributed by atoms with Crippen LogP contribution >= 0.6 is 0 Å². The lowest BCUT2D eigenvalue weighted by Gasteiger charge is -2.37. The molecule has 0 radical (unpaired) electrons. The summed E-state index contributed by atoms with van der Waals surface area (Å²) in [7, 11) is 1.31. The van der Waals surface area contributed by atoms with Crippen LogP contribution in [0.5, 0.6) is 0 Å². The second-order valence-electron chi connectivity index (χ2n) is 4.68. The molecule has 0 unspecified atom stereocenters. The Morgan fingerprint density at radius 1 is 1.60 bits per heavy atom. The second kappa shape index (κ2) is 3.30. The molecular formula is C11H16O4. The third kappa shape index (κ3) is 1.17. The van der Waals surface area contributed by atoms with Crippen molar-refractivity contribution in [3.05, 3.63) is 0 Å². The van der Waals surface area contributed by atoms with Crippen molar-refractivity contribution in [3.8, 4) is 0 Å². The molecule has 1 N–H and O–H groups in total. The Morgan fingerprint density at radius 2 is 2.27 bits per heavy atom. The average molecular weight is 212 g/mol. The molecule has 2 saturated carbocycles. The lowest BCUT2D eigenvalue weighted by Crippen LogP contribution is -2.50. The predicted molar refractivity (Wildman–Crippen MR) is 52.0 cm³/mol. The summed E-state index contributed by atoms with van der Waals surface area (Å²) in [6.07, 6.45) is 1.08. The smallest absolute Gasteiger partial charge is 0.319 e. The van der Waals surface area contributed by atoms with Crippen LogP contribution in [0.25, 0.3) is 0 Å². The number of hydrogen-bond donors (Lipinski definition) is 1. The summed E-state index contributed by atoms with van der Waals surface area (Å²) in [5.41, 5.74) is -0.960. The molecule has 2 bridgehead atoms. The van der Waals surface area contributed by atoms with E-state index in [1.165, 1.54) is 7.11 Å². The standard InChI is InChI=1S/C11H16O4/c1-6-5-8(12)7-3-4-11(6,9(7)13)10(14)15-2/h6-8,12H,3-5H2,1-2H3/t6-,7+,8-,11-/m0/s1. The summed E-state index contributed by atoms with van der Waals surface area (Å²) in [5.74, 6) is -0.999. The molecule has 0 aromatic rings. The number of aliphatic hydroxyl groups is 1.